The van der Waals surface area contributed by atoms with Gasteiger partial charge < -0.3 is 15.0 Å². The van der Waals surface area contributed by atoms with Crippen LogP contribution in [-0.2, 0) is 4.74 Å². The minimum absolute atomic E-state index is 0.290. The molecular formula is C13H19BrN2O. The highest BCUT2D eigenvalue weighted by Crippen LogP contribution is 2.22. The summed E-state index contributed by atoms with van der Waals surface area (Å²) in [7, 11) is 2.11. The van der Waals surface area contributed by atoms with Crippen molar-refractivity contribution in [2.45, 2.75) is 13.0 Å². The van der Waals surface area contributed by atoms with Crippen molar-refractivity contribution in [1.29, 1.82) is 0 Å². The quantitative estimate of drug-likeness (QED) is 0.926. The number of morpholine rings is 1. The van der Waals surface area contributed by atoms with E-state index < -0.39 is 0 Å². The van der Waals surface area contributed by atoms with Gasteiger partial charge in [-0.3, -0.25) is 0 Å². The van der Waals surface area contributed by atoms with Crippen molar-refractivity contribution in [3.8, 4) is 0 Å². The topological polar surface area (TPSA) is 24.5 Å². The Morgan fingerprint density at radius 3 is 3.00 bits per heavy atom. The first-order valence-corrected chi connectivity index (χ1v) is 6.76. The molecule has 0 saturated carbocycles. The van der Waals surface area contributed by atoms with Crippen molar-refractivity contribution < 1.29 is 4.74 Å². The van der Waals surface area contributed by atoms with E-state index in [0.717, 1.165) is 30.7 Å². The van der Waals surface area contributed by atoms with Gasteiger partial charge in [0.25, 0.3) is 0 Å². The molecule has 94 valence electrons. The Morgan fingerprint density at radius 2 is 2.35 bits per heavy atom. The van der Waals surface area contributed by atoms with Crippen LogP contribution in [0.4, 0.5) is 5.69 Å². The number of hydrogen-bond acceptors (Lipinski definition) is 3. The van der Waals surface area contributed by atoms with Gasteiger partial charge in [-0.15, -0.1) is 0 Å². The summed E-state index contributed by atoms with van der Waals surface area (Å²) in [5.41, 5.74) is 2.50. The van der Waals surface area contributed by atoms with Crippen LogP contribution in [0, 0.1) is 6.92 Å². The summed E-state index contributed by atoms with van der Waals surface area (Å²) >= 11 is 3.52. The number of nitrogens with one attached hydrogen (secondary N) is 1. The van der Waals surface area contributed by atoms with Gasteiger partial charge in [-0.25, -0.2) is 0 Å². The number of aryl methyl sites for hydroxylation is 1. The molecule has 0 spiro atoms. The van der Waals surface area contributed by atoms with Crippen LogP contribution in [0.2, 0.25) is 0 Å². The fraction of sp³-hybridized carbons (Fsp3) is 0.538. The van der Waals surface area contributed by atoms with Gasteiger partial charge in [0.1, 0.15) is 0 Å². The number of hydrogen-bond donors (Lipinski definition) is 1. The van der Waals surface area contributed by atoms with E-state index in [1.54, 1.807) is 0 Å². The first-order chi connectivity index (χ1) is 8.16. The molecule has 1 aromatic carbocycles. The van der Waals surface area contributed by atoms with E-state index >= 15 is 0 Å². The van der Waals surface area contributed by atoms with Crippen LogP contribution < -0.4 is 10.2 Å². The number of benzene rings is 1. The predicted octanol–water partition coefficient (Wildman–Crippen LogP) is 2.18. The number of halogens is 1. The maximum atomic E-state index is 5.71. The number of nitrogens with zero attached hydrogens (tertiary/aromatic N) is 1. The Hall–Kier alpha value is -0.580. The van der Waals surface area contributed by atoms with Gasteiger partial charge in [-0.1, -0.05) is 15.9 Å². The standard InChI is InChI=1S/C13H19BrN2O/c1-10-7-11(3-4-13(10)14)16(2)9-12-8-15-5-6-17-12/h3-4,7,12,15H,5-6,8-9H2,1-2H3. The average molecular weight is 299 g/mol. The molecule has 0 aliphatic carbocycles. The van der Waals surface area contributed by atoms with Crippen LogP contribution in [0.25, 0.3) is 0 Å². The first kappa shape index (κ1) is 12.9. The second-order valence-corrected chi connectivity index (χ2v) is 5.37. The van der Waals surface area contributed by atoms with Gasteiger partial charge >= 0.3 is 0 Å². The molecule has 1 fully saturated rings. The predicted molar refractivity (Wildman–Crippen MR) is 74.8 cm³/mol. The lowest BCUT2D eigenvalue weighted by Crippen LogP contribution is -2.44. The van der Waals surface area contributed by atoms with Crippen molar-refractivity contribution in [3.63, 3.8) is 0 Å². The first-order valence-electron chi connectivity index (χ1n) is 5.96. The summed E-state index contributed by atoms with van der Waals surface area (Å²) in [6.45, 7) is 5.77. The zero-order chi connectivity index (χ0) is 12.3. The third-order valence-electron chi connectivity index (χ3n) is 3.06. The lowest BCUT2D eigenvalue weighted by atomic mass is 10.2. The summed E-state index contributed by atoms with van der Waals surface area (Å²) < 4.78 is 6.87. The zero-order valence-electron chi connectivity index (χ0n) is 10.4. The van der Waals surface area contributed by atoms with E-state index in [1.165, 1.54) is 11.3 Å². The summed E-state index contributed by atoms with van der Waals surface area (Å²) in [5, 5.41) is 3.35. The number of likely N-dealkylation sites (N-methyl/N-ethyl adjacent to an activating group) is 1. The van der Waals surface area contributed by atoms with Crippen molar-refractivity contribution in [1.82, 2.24) is 5.32 Å². The Morgan fingerprint density at radius 1 is 1.53 bits per heavy atom. The molecule has 0 radical (unpaired) electrons. The molecule has 2 rings (SSSR count). The van der Waals surface area contributed by atoms with E-state index in [0.29, 0.717) is 0 Å². The SMILES string of the molecule is Cc1cc(N(C)CC2CNCCO2)ccc1Br. The highest BCUT2D eigenvalue weighted by atomic mass is 79.9. The van der Waals surface area contributed by atoms with Gasteiger partial charge in [-0.05, 0) is 30.7 Å². The monoisotopic (exact) mass is 298 g/mol. The molecule has 1 saturated heterocycles. The van der Waals surface area contributed by atoms with Crippen LogP contribution in [0.3, 0.4) is 0 Å². The third kappa shape index (κ3) is 3.44. The van der Waals surface area contributed by atoms with Gasteiger partial charge in [0.2, 0.25) is 0 Å². The Bertz CT molecular complexity index is 378. The van der Waals surface area contributed by atoms with E-state index in [1.807, 2.05) is 0 Å². The number of ether oxygens (including phenoxy) is 1. The number of anilines is 1. The molecule has 0 amide bonds. The van der Waals surface area contributed by atoms with Gasteiger partial charge in [0.05, 0.1) is 12.7 Å². The second kappa shape index (κ2) is 5.85. The van der Waals surface area contributed by atoms with Crippen molar-refractivity contribution in [3.05, 3.63) is 28.2 Å². The molecule has 1 N–H and O–H groups in total. The molecule has 4 heteroatoms. The van der Waals surface area contributed by atoms with Crippen LogP contribution in [0.15, 0.2) is 22.7 Å². The highest BCUT2D eigenvalue weighted by Gasteiger charge is 2.15. The normalized spacial score (nSPS) is 20.3. The van der Waals surface area contributed by atoms with E-state index in [9.17, 15) is 0 Å². The molecule has 3 nitrogen and oxygen atoms in total. The van der Waals surface area contributed by atoms with Crippen LogP contribution in [-0.4, -0.2) is 39.4 Å². The summed E-state index contributed by atoms with van der Waals surface area (Å²) in [5.74, 6) is 0. The molecule has 0 bridgehead atoms. The molecule has 1 heterocycles. The fourth-order valence-electron chi connectivity index (χ4n) is 2.01. The minimum atomic E-state index is 0.290. The highest BCUT2D eigenvalue weighted by molar-refractivity contribution is 9.10. The van der Waals surface area contributed by atoms with Crippen LogP contribution >= 0.6 is 15.9 Å². The fourth-order valence-corrected chi connectivity index (χ4v) is 2.26. The van der Waals surface area contributed by atoms with E-state index in [4.69, 9.17) is 4.74 Å². The van der Waals surface area contributed by atoms with Crippen molar-refractivity contribution in [2.24, 2.45) is 0 Å². The van der Waals surface area contributed by atoms with Gasteiger partial charge in [0.15, 0.2) is 0 Å². The Labute approximate surface area is 111 Å². The van der Waals surface area contributed by atoms with Crippen LogP contribution in [0.1, 0.15) is 5.56 Å². The second-order valence-electron chi connectivity index (χ2n) is 4.51. The van der Waals surface area contributed by atoms with Crippen molar-refractivity contribution >= 4 is 21.6 Å². The minimum Gasteiger partial charge on any atom is -0.374 e. The number of rotatable bonds is 3. The third-order valence-corrected chi connectivity index (χ3v) is 3.95. The molecule has 1 atom stereocenters. The summed E-state index contributed by atoms with van der Waals surface area (Å²) in [4.78, 5) is 2.25. The maximum Gasteiger partial charge on any atom is 0.0874 e. The van der Waals surface area contributed by atoms with Crippen LogP contribution in [0.5, 0.6) is 0 Å². The molecule has 1 aliphatic heterocycles. The summed E-state index contributed by atoms with van der Waals surface area (Å²) in [6.07, 6.45) is 0.290. The maximum absolute atomic E-state index is 5.71. The lowest BCUT2D eigenvalue weighted by Gasteiger charge is -2.29. The average Bonchev–Trinajstić information content (AvgIpc) is 2.34. The molecule has 1 unspecified atom stereocenters. The zero-order valence-corrected chi connectivity index (χ0v) is 12.0. The smallest absolute Gasteiger partial charge is 0.0874 e. The largest absolute Gasteiger partial charge is 0.374 e. The summed E-state index contributed by atoms with van der Waals surface area (Å²) in [6, 6.07) is 6.43. The molecule has 17 heavy (non-hydrogen) atoms. The molecule has 1 aliphatic rings. The van der Waals surface area contributed by atoms with E-state index in [2.05, 4.69) is 58.3 Å². The molecular weight excluding hydrogens is 280 g/mol. The van der Waals surface area contributed by atoms with Crippen molar-refractivity contribution in [2.75, 3.05) is 38.2 Å². The van der Waals surface area contributed by atoms with Gasteiger partial charge in [-0.2, -0.15) is 0 Å². The Balaban J connectivity index is 1.98. The molecule has 1 aromatic rings. The van der Waals surface area contributed by atoms with E-state index in [-0.39, 0.29) is 6.10 Å². The van der Waals surface area contributed by atoms with Gasteiger partial charge in [0, 0.05) is 36.8 Å². The Kier molecular flexibility index (Phi) is 4.42. The lowest BCUT2D eigenvalue weighted by molar-refractivity contribution is 0.0340. The molecule has 0 aromatic heterocycles.